The average Bonchev–Trinajstić information content (AvgIpc) is 2.90. The Balaban J connectivity index is 1.77. The van der Waals surface area contributed by atoms with Gasteiger partial charge in [0.15, 0.2) is 23.0 Å². The number of carbonyl (C=O) groups is 1. The molecule has 0 radical (unpaired) electrons. The Kier molecular flexibility index (Phi) is 3.87. The summed E-state index contributed by atoms with van der Waals surface area (Å²) in [5.74, 6) is -1.32. The van der Waals surface area contributed by atoms with Crippen molar-refractivity contribution in [2.75, 3.05) is 6.61 Å². The summed E-state index contributed by atoms with van der Waals surface area (Å²) >= 11 is 1.23. The molecule has 0 N–H and O–H groups in total. The molecule has 3 saturated heterocycles. The molecular weight excluding hydrogens is 296 g/mol. The van der Waals surface area contributed by atoms with Crippen LogP contribution in [0.2, 0.25) is 0 Å². The zero-order chi connectivity index (χ0) is 15.4. The van der Waals surface area contributed by atoms with Gasteiger partial charge in [-0.3, -0.25) is 4.79 Å². The Hall–Kier alpha value is -0.180. The summed E-state index contributed by atoms with van der Waals surface area (Å²) in [7, 11) is 0. The molecule has 3 heterocycles. The van der Waals surface area contributed by atoms with Crippen LogP contribution in [0.4, 0.5) is 0 Å². The fraction of sp³-hybridized carbons (Fsp3) is 0.929. The van der Waals surface area contributed by atoms with Crippen LogP contribution >= 0.6 is 11.8 Å². The minimum absolute atomic E-state index is 0.0285. The molecule has 5 atom stereocenters. The first-order valence-electron chi connectivity index (χ1n) is 7.17. The van der Waals surface area contributed by atoms with Gasteiger partial charge < -0.3 is 23.7 Å². The second-order valence-corrected chi connectivity index (χ2v) is 7.87. The summed E-state index contributed by atoms with van der Waals surface area (Å²) in [6.45, 7) is 9.41. The first kappa shape index (κ1) is 15.7. The second-order valence-electron chi connectivity index (χ2n) is 6.51. The van der Waals surface area contributed by atoms with E-state index in [0.717, 1.165) is 0 Å². The van der Waals surface area contributed by atoms with E-state index < -0.39 is 17.9 Å². The lowest BCUT2D eigenvalue weighted by Crippen LogP contribution is -2.41. The van der Waals surface area contributed by atoms with E-state index in [0.29, 0.717) is 6.61 Å². The van der Waals surface area contributed by atoms with Gasteiger partial charge in [0.2, 0.25) is 0 Å². The van der Waals surface area contributed by atoms with Crippen molar-refractivity contribution in [1.29, 1.82) is 0 Å². The highest BCUT2D eigenvalue weighted by atomic mass is 32.2. The van der Waals surface area contributed by atoms with Crippen LogP contribution in [0.15, 0.2) is 0 Å². The van der Waals surface area contributed by atoms with E-state index in [-0.39, 0.29) is 28.7 Å². The van der Waals surface area contributed by atoms with Gasteiger partial charge in [-0.25, -0.2) is 0 Å². The summed E-state index contributed by atoms with van der Waals surface area (Å²) in [6, 6.07) is 0. The lowest BCUT2D eigenvalue weighted by atomic mass is 10.1. The fourth-order valence-corrected chi connectivity index (χ4v) is 4.08. The van der Waals surface area contributed by atoms with Crippen LogP contribution in [-0.4, -0.2) is 53.1 Å². The van der Waals surface area contributed by atoms with Crippen LogP contribution in [-0.2, 0) is 28.5 Å². The van der Waals surface area contributed by atoms with Crippen molar-refractivity contribution >= 4 is 16.9 Å². The van der Waals surface area contributed by atoms with E-state index in [9.17, 15) is 4.79 Å². The van der Waals surface area contributed by atoms with Crippen LogP contribution in [0.25, 0.3) is 0 Å². The highest BCUT2D eigenvalue weighted by Gasteiger charge is 2.58. The van der Waals surface area contributed by atoms with Crippen LogP contribution in [0.3, 0.4) is 0 Å². The molecule has 3 aliphatic rings. The molecule has 0 saturated carbocycles. The predicted molar refractivity (Wildman–Crippen MR) is 75.7 cm³/mol. The number of ether oxygens (including phenoxy) is 5. The SMILES string of the molecule is CC(=O)SC1C(C2COC(C)(C)O2)OC2OC(C)(C)OC21. The number of hydrogen-bond donors (Lipinski definition) is 0. The summed E-state index contributed by atoms with van der Waals surface area (Å²) in [5.41, 5.74) is 0. The molecule has 3 rings (SSSR count). The molecule has 0 amide bonds. The Morgan fingerprint density at radius 1 is 1.05 bits per heavy atom. The predicted octanol–water partition coefficient (Wildman–Crippen LogP) is 1.66. The molecule has 0 aliphatic carbocycles. The van der Waals surface area contributed by atoms with E-state index in [1.54, 1.807) is 6.92 Å². The fourth-order valence-electron chi connectivity index (χ4n) is 3.01. The molecular formula is C14H22O6S. The van der Waals surface area contributed by atoms with Gasteiger partial charge in [0.05, 0.1) is 11.9 Å². The molecule has 120 valence electrons. The third kappa shape index (κ3) is 3.13. The highest BCUT2D eigenvalue weighted by molar-refractivity contribution is 8.14. The zero-order valence-electron chi connectivity index (χ0n) is 13.0. The normalized spacial score (nSPS) is 44.0. The van der Waals surface area contributed by atoms with Crippen molar-refractivity contribution in [2.24, 2.45) is 0 Å². The summed E-state index contributed by atoms with van der Waals surface area (Å²) < 4.78 is 29.1. The minimum atomic E-state index is -0.692. The third-order valence-corrected chi connectivity index (χ3v) is 4.87. The van der Waals surface area contributed by atoms with Gasteiger partial charge in [0, 0.05) is 6.92 Å². The van der Waals surface area contributed by atoms with E-state index in [1.165, 1.54) is 11.8 Å². The van der Waals surface area contributed by atoms with Crippen molar-refractivity contribution in [2.45, 2.75) is 76.0 Å². The average molecular weight is 318 g/mol. The van der Waals surface area contributed by atoms with Crippen LogP contribution in [0, 0.1) is 0 Å². The number of thioether (sulfide) groups is 1. The molecule has 0 aromatic carbocycles. The summed E-state index contributed by atoms with van der Waals surface area (Å²) in [6.07, 6.45) is -1.25. The molecule has 0 bridgehead atoms. The Labute approximate surface area is 128 Å². The van der Waals surface area contributed by atoms with Crippen molar-refractivity contribution in [3.63, 3.8) is 0 Å². The maximum atomic E-state index is 11.6. The zero-order valence-corrected chi connectivity index (χ0v) is 13.8. The molecule has 3 aliphatic heterocycles. The van der Waals surface area contributed by atoms with Crippen LogP contribution in [0.1, 0.15) is 34.6 Å². The third-order valence-electron chi connectivity index (χ3n) is 3.73. The maximum Gasteiger partial charge on any atom is 0.188 e. The number of hydrogen-bond acceptors (Lipinski definition) is 7. The Morgan fingerprint density at radius 2 is 1.76 bits per heavy atom. The van der Waals surface area contributed by atoms with E-state index >= 15 is 0 Å². The van der Waals surface area contributed by atoms with Gasteiger partial charge in [-0.2, -0.15) is 0 Å². The topological polar surface area (TPSA) is 63.2 Å². The van der Waals surface area contributed by atoms with E-state index in [4.69, 9.17) is 23.7 Å². The molecule has 3 fully saturated rings. The van der Waals surface area contributed by atoms with Gasteiger partial charge >= 0.3 is 0 Å². The monoisotopic (exact) mass is 318 g/mol. The molecule has 0 aromatic rings. The first-order valence-corrected chi connectivity index (χ1v) is 8.05. The van der Waals surface area contributed by atoms with Crippen molar-refractivity contribution < 1.29 is 28.5 Å². The lowest BCUT2D eigenvalue weighted by molar-refractivity contribution is -0.219. The van der Waals surface area contributed by atoms with Gasteiger partial charge in [-0.05, 0) is 27.7 Å². The van der Waals surface area contributed by atoms with Crippen LogP contribution in [0.5, 0.6) is 0 Å². The minimum Gasteiger partial charge on any atom is -0.348 e. The van der Waals surface area contributed by atoms with Gasteiger partial charge in [0.1, 0.15) is 18.3 Å². The number of fused-ring (bicyclic) bond motifs is 1. The van der Waals surface area contributed by atoms with E-state index in [1.807, 2.05) is 27.7 Å². The quantitative estimate of drug-likeness (QED) is 0.767. The largest absolute Gasteiger partial charge is 0.348 e. The van der Waals surface area contributed by atoms with Crippen molar-refractivity contribution in [3.05, 3.63) is 0 Å². The van der Waals surface area contributed by atoms with Gasteiger partial charge in [-0.15, -0.1) is 0 Å². The first-order chi connectivity index (χ1) is 9.67. The Bertz CT molecular complexity index is 437. The maximum absolute atomic E-state index is 11.6. The Morgan fingerprint density at radius 3 is 2.33 bits per heavy atom. The lowest BCUT2D eigenvalue weighted by Gasteiger charge is -2.28. The molecule has 6 nitrogen and oxygen atoms in total. The van der Waals surface area contributed by atoms with E-state index in [2.05, 4.69) is 0 Å². The molecule has 0 aromatic heterocycles. The number of carbonyl (C=O) groups excluding carboxylic acids is 1. The number of rotatable bonds is 2. The molecule has 21 heavy (non-hydrogen) atoms. The van der Waals surface area contributed by atoms with Gasteiger partial charge in [0.25, 0.3) is 0 Å². The summed E-state index contributed by atoms with van der Waals surface area (Å²) in [5, 5.41) is -0.127. The standard InChI is InChI=1S/C14H22O6S/c1-7(15)21-11-9(8-6-16-13(2,3)18-8)17-12-10(11)19-14(4,5)20-12/h8-12H,6H2,1-5H3. The molecule has 0 spiro atoms. The van der Waals surface area contributed by atoms with Crippen molar-refractivity contribution in [3.8, 4) is 0 Å². The smallest absolute Gasteiger partial charge is 0.188 e. The summed E-state index contributed by atoms with van der Waals surface area (Å²) in [4.78, 5) is 11.6. The van der Waals surface area contributed by atoms with Crippen molar-refractivity contribution in [1.82, 2.24) is 0 Å². The molecule has 5 unspecified atom stereocenters. The van der Waals surface area contributed by atoms with Gasteiger partial charge in [-0.1, -0.05) is 11.8 Å². The highest BCUT2D eigenvalue weighted by Crippen LogP contribution is 2.45. The van der Waals surface area contributed by atoms with Crippen LogP contribution < -0.4 is 0 Å². The molecule has 7 heteroatoms. The second kappa shape index (κ2) is 5.18.